The zero-order valence-electron chi connectivity index (χ0n) is 22.2. The van der Waals surface area contributed by atoms with E-state index in [1.807, 2.05) is 91.0 Å². The summed E-state index contributed by atoms with van der Waals surface area (Å²) in [5.41, 5.74) is 5.20. The van der Waals surface area contributed by atoms with Crippen molar-refractivity contribution in [2.45, 2.75) is 29.8 Å². The maximum absolute atomic E-state index is 14.9. The molecule has 2 spiro atoms. The average Bonchev–Trinajstić information content (AvgIpc) is 3.74. The molecule has 1 aromatic heterocycles. The van der Waals surface area contributed by atoms with Crippen LogP contribution in [0.5, 0.6) is 0 Å². The van der Waals surface area contributed by atoms with Gasteiger partial charge in [0.05, 0.1) is 28.3 Å². The van der Waals surface area contributed by atoms with Crippen LogP contribution in [0.15, 0.2) is 103 Å². The van der Waals surface area contributed by atoms with Crippen LogP contribution in [0.25, 0.3) is 22.3 Å². The first-order chi connectivity index (χ1) is 20.2. The number of hydrogen-bond donors (Lipinski definition) is 1. The summed E-state index contributed by atoms with van der Waals surface area (Å²) in [5, 5.41) is 3.24. The third-order valence-electron chi connectivity index (χ3n) is 9.94. The second-order valence-corrected chi connectivity index (χ2v) is 11.6. The number of ketones is 1. The number of amides is 1. The minimum absolute atomic E-state index is 0.00547. The Balaban J connectivity index is 1.47. The number of rotatable bonds is 2. The number of aromatic nitrogens is 2. The molecule has 198 valence electrons. The first-order valence-electron chi connectivity index (χ1n) is 14.3. The van der Waals surface area contributed by atoms with Crippen LogP contribution in [0, 0.1) is 5.92 Å². The van der Waals surface area contributed by atoms with Crippen LogP contribution in [-0.4, -0.2) is 39.1 Å². The van der Waals surface area contributed by atoms with E-state index in [-0.39, 0.29) is 17.7 Å². The Bertz CT molecular complexity index is 1940. The molecular weight excluding hydrogens is 508 g/mol. The van der Waals surface area contributed by atoms with E-state index in [0.717, 1.165) is 64.2 Å². The summed E-state index contributed by atoms with van der Waals surface area (Å²) >= 11 is 0. The Morgan fingerprint density at radius 2 is 1.49 bits per heavy atom. The molecule has 3 aliphatic heterocycles. The molecule has 4 atom stereocenters. The SMILES string of the molecule is O=C(c1ccccc1)[C@@H]1[C@H]2CCCN2[C@]2(c3ccccc3-c3nc4ccccc4nc32)[C@@]12C(=O)Nc1ccccc12. The largest absolute Gasteiger partial charge is 0.325 e. The maximum Gasteiger partial charge on any atom is 0.238 e. The van der Waals surface area contributed by atoms with Gasteiger partial charge in [0.2, 0.25) is 5.91 Å². The molecule has 41 heavy (non-hydrogen) atoms. The molecule has 9 rings (SSSR count). The van der Waals surface area contributed by atoms with Crippen LogP contribution in [0.4, 0.5) is 5.69 Å². The molecule has 2 fully saturated rings. The zero-order chi connectivity index (χ0) is 27.3. The first kappa shape index (κ1) is 23.1. The van der Waals surface area contributed by atoms with Crippen LogP contribution in [0.3, 0.4) is 0 Å². The standard InChI is InChI=1S/C35H26N4O2/c40-31(21-11-2-1-3-12-21)29-28-19-10-20-39(28)35(34(29)24-15-6-7-16-25(24)38-33(34)41)23-14-5-4-13-22(23)30-32(35)37-27-18-9-8-17-26(27)36-30/h1-9,11-18,28-29H,10,19-20H2,(H,38,41)/t28-,29+,34-,35+/m1/s1. The van der Waals surface area contributed by atoms with Crippen LogP contribution in [0.2, 0.25) is 0 Å². The van der Waals surface area contributed by atoms with Crippen molar-refractivity contribution < 1.29 is 9.59 Å². The van der Waals surface area contributed by atoms with E-state index in [1.54, 1.807) is 0 Å². The van der Waals surface area contributed by atoms with Gasteiger partial charge in [0.15, 0.2) is 5.78 Å². The van der Waals surface area contributed by atoms with E-state index >= 15 is 0 Å². The molecule has 0 bridgehead atoms. The summed E-state index contributed by atoms with van der Waals surface area (Å²) in [6.07, 6.45) is 1.78. The number of nitrogens with zero attached hydrogens (tertiary/aromatic N) is 3. The number of para-hydroxylation sites is 3. The van der Waals surface area contributed by atoms with Gasteiger partial charge in [-0.3, -0.25) is 14.5 Å². The third kappa shape index (κ3) is 2.58. The molecule has 1 aliphatic carbocycles. The summed E-state index contributed by atoms with van der Waals surface area (Å²) in [6.45, 7) is 0.767. The van der Waals surface area contributed by atoms with E-state index in [0.29, 0.717) is 5.56 Å². The molecule has 6 nitrogen and oxygen atoms in total. The Labute approximate surface area is 237 Å². The third-order valence-corrected chi connectivity index (χ3v) is 9.94. The van der Waals surface area contributed by atoms with Gasteiger partial charge in [-0.05, 0) is 48.7 Å². The van der Waals surface area contributed by atoms with Crippen molar-refractivity contribution in [1.29, 1.82) is 0 Å². The Kier molecular flexibility index (Phi) is 4.48. The highest BCUT2D eigenvalue weighted by Crippen LogP contribution is 2.70. The molecule has 1 N–H and O–H groups in total. The quantitative estimate of drug-likeness (QED) is 0.293. The van der Waals surface area contributed by atoms with Gasteiger partial charge < -0.3 is 5.32 Å². The van der Waals surface area contributed by atoms with Gasteiger partial charge in [-0.2, -0.15) is 0 Å². The van der Waals surface area contributed by atoms with Crippen molar-refractivity contribution in [3.8, 4) is 11.3 Å². The van der Waals surface area contributed by atoms with Gasteiger partial charge >= 0.3 is 0 Å². The summed E-state index contributed by atoms with van der Waals surface area (Å²) in [6, 6.07) is 33.5. The fourth-order valence-corrected chi connectivity index (χ4v) is 8.66. The van der Waals surface area contributed by atoms with Gasteiger partial charge in [-0.15, -0.1) is 0 Å². The summed E-state index contributed by atoms with van der Waals surface area (Å²) in [5.74, 6) is -0.741. The molecule has 0 saturated carbocycles. The smallest absolute Gasteiger partial charge is 0.238 e. The summed E-state index contributed by atoms with van der Waals surface area (Å²) in [7, 11) is 0. The van der Waals surface area contributed by atoms with E-state index in [1.165, 1.54) is 0 Å². The Hall–Kier alpha value is -4.68. The topological polar surface area (TPSA) is 75.2 Å². The molecule has 1 amide bonds. The minimum Gasteiger partial charge on any atom is -0.325 e. The van der Waals surface area contributed by atoms with Crippen molar-refractivity contribution in [2.75, 3.05) is 11.9 Å². The van der Waals surface area contributed by atoms with Crippen molar-refractivity contribution in [3.63, 3.8) is 0 Å². The van der Waals surface area contributed by atoms with E-state index < -0.39 is 16.9 Å². The molecule has 6 heteroatoms. The van der Waals surface area contributed by atoms with Crippen LogP contribution >= 0.6 is 0 Å². The second-order valence-electron chi connectivity index (χ2n) is 11.6. The highest BCUT2D eigenvalue weighted by Gasteiger charge is 2.79. The van der Waals surface area contributed by atoms with Gasteiger partial charge in [0, 0.05) is 22.9 Å². The lowest BCUT2D eigenvalue weighted by Gasteiger charge is -2.46. The average molecular weight is 535 g/mol. The second kappa shape index (κ2) is 7.95. The fourth-order valence-electron chi connectivity index (χ4n) is 8.66. The predicted molar refractivity (Wildman–Crippen MR) is 156 cm³/mol. The minimum atomic E-state index is -1.24. The van der Waals surface area contributed by atoms with Crippen molar-refractivity contribution in [2.24, 2.45) is 5.92 Å². The number of fused-ring (bicyclic) bond motifs is 11. The predicted octanol–water partition coefficient (Wildman–Crippen LogP) is 5.72. The Morgan fingerprint density at radius 3 is 2.32 bits per heavy atom. The number of benzene rings is 4. The number of anilines is 1. The number of carbonyl (C=O) groups excluding carboxylic acids is 2. The fraction of sp³-hybridized carbons (Fsp3) is 0.200. The molecule has 4 aromatic carbocycles. The maximum atomic E-state index is 14.9. The number of carbonyl (C=O) groups is 2. The molecule has 0 radical (unpaired) electrons. The van der Waals surface area contributed by atoms with E-state index in [9.17, 15) is 9.59 Å². The zero-order valence-corrected chi connectivity index (χ0v) is 22.2. The van der Waals surface area contributed by atoms with Crippen LogP contribution < -0.4 is 5.32 Å². The molecule has 5 aromatic rings. The molecule has 4 aliphatic rings. The lowest BCUT2D eigenvalue weighted by Crippen LogP contribution is -2.59. The monoisotopic (exact) mass is 534 g/mol. The number of Topliss-reactive ketones (excluding diaryl/α,β-unsaturated/α-hetero) is 1. The molecule has 4 heterocycles. The van der Waals surface area contributed by atoms with Gasteiger partial charge in [0.1, 0.15) is 11.0 Å². The number of nitrogens with one attached hydrogen (secondary N) is 1. The van der Waals surface area contributed by atoms with Crippen LogP contribution in [-0.2, 0) is 15.7 Å². The first-order valence-corrected chi connectivity index (χ1v) is 14.3. The van der Waals surface area contributed by atoms with E-state index in [4.69, 9.17) is 9.97 Å². The summed E-state index contributed by atoms with van der Waals surface area (Å²) in [4.78, 5) is 42.8. The van der Waals surface area contributed by atoms with Gasteiger partial charge in [-0.1, -0.05) is 84.9 Å². The van der Waals surface area contributed by atoms with E-state index in [2.05, 4.69) is 22.3 Å². The van der Waals surface area contributed by atoms with Gasteiger partial charge in [0.25, 0.3) is 0 Å². The summed E-state index contributed by atoms with van der Waals surface area (Å²) < 4.78 is 0. The molecule has 2 saturated heterocycles. The lowest BCUT2D eigenvalue weighted by molar-refractivity contribution is -0.124. The van der Waals surface area contributed by atoms with Gasteiger partial charge in [-0.25, -0.2) is 9.97 Å². The lowest BCUT2D eigenvalue weighted by atomic mass is 9.56. The molecular formula is C35H26N4O2. The molecule has 0 unspecified atom stereocenters. The van der Waals surface area contributed by atoms with Crippen molar-refractivity contribution >= 4 is 28.4 Å². The normalized spacial score (nSPS) is 27.2. The number of hydrogen-bond acceptors (Lipinski definition) is 5. The van der Waals surface area contributed by atoms with Crippen LogP contribution in [0.1, 0.15) is 40.0 Å². The Morgan fingerprint density at radius 1 is 0.805 bits per heavy atom. The van der Waals surface area contributed by atoms with Crippen molar-refractivity contribution in [1.82, 2.24) is 14.9 Å². The highest BCUT2D eigenvalue weighted by atomic mass is 16.2. The highest BCUT2D eigenvalue weighted by molar-refractivity contribution is 6.15. The van der Waals surface area contributed by atoms with Crippen molar-refractivity contribution in [3.05, 3.63) is 126 Å².